The average Bonchev–Trinajstić information content (AvgIpc) is 2.46. The molecule has 0 N–H and O–H groups in total. The minimum absolute atomic E-state index is 0.298. The van der Waals surface area contributed by atoms with Crippen molar-refractivity contribution >= 4 is 0 Å². The molecule has 1 aliphatic rings. The van der Waals surface area contributed by atoms with Gasteiger partial charge in [-0.1, -0.05) is 77.6 Å². The van der Waals surface area contributed by atoms with Crippen LogP contribution in [0.5, 0.6) is 0 Å². The molecule has 0 radical (unpaired) electrons. The van der Waals surface area contributed by atoms with Crippen LogP contribution in [0, 0.1) is 0 Å². The smallest absolute Gasteiger partial charge is 0.188 e. The Bertz CT molecular complexity index is 213. The predicted molar refractivity (Wildman–Crippen MR) is 81.0 cm³/mol. The summed E-state index contributed by atoms with van der Waals surface area (Å²) in [6.45, 7) is 2.71. The fourth-order valence-corrected chi connectivity index (χ4v) is 2.55. The second-order valence-electron chi connectivity index (χ2n) is 5.64. The summed E-state index contributed by atoms with van der Waals surface area (Å²) in [6, 6.07) is 0. The fourth-order valence-electron chi connectivity index (χ4n) is 2.55. The second kappa shape index (κ2) is 12.5. The van der Waals surface area contributed by atoms with E-state index in [0.29, 0.717) is 12.9 Å². The van der Waals surface area contributed by atoms with Gasteiger partial charge in [-0.2, -0.15) is 0 Å². The summed E-state index contributed by atoms with van der Waals surface area (Å²) >= 11 is 0. The quantitative estimate of drug-likeness (QED) is 0.430. The van der Waals surface area contributed by atoms with E-state index in [9.17, 15) is 0 Å². The van der Waals surface area contributed by atoms with Crippen molar-refractivity contribution in [1.29, 1.82) is 0 Å². The lowest BCUT2D eigenvalue weighted by Gasteiger charge is -2.17. The lowest BCUT2D eigenvalue weighted by atomic mass is 10.0. The molecule has 19 heavy (non-hydrogen) atoms. The van der Waals surface area contributed by atoms with Gasteiger partial charge in [-0.05, 0) is 12.5 Å². The first-order valence-corrected chi connectivity index (χ1v) is 8.33. The highest BCUT2D eigenvalue weighted by atomic mass is 16.7. The first-order valence-electron chi connectivity index (χ1n) is 8.33. The maximum atomic E-state index is 5.46. The molecule has 0 bridgehead atoms. The van der Waals surface area contributed by atoms with Gasteiger partial charge in [-0.25, -0.2) is 0 Å². The average molecular weight is 268 g/mol. The molecule has 0 aromatic rings. The minimum atomic E-state index is 0.298. The van der Waals surface area contributed by atoms with Gasteiger partial charge in [0.2, 0.25) is 0 Å². The van der Waals surface area contributed by atoms with E-state index in [1.54, 1.807) is 6.26 Å². The number of hydrogen-bond donors (Lipinski definition) is 0. The molecule has 0 spiro atoms. The van der Waals surface area contributed by atoms with Crippen LogP contribution in [0.15, 0.2) is 12.3 Å². The third kappa shape index (κ3) is 10.0. The molecular formula is C17H32O2. The molecule has 0 aromatic heterocycles. The number of unbranched alkanes of at least 4 members (excludes halogenated alkanes) is 10. The van der Waals surface area contributed by atoms with Gasteiger partial charge in [0.1, 0.15) is 0 Å². The largest absolute Gasteiger partial charge is 0.475 e. The number of ether oxygens (including phenoxy) is 2. The summed E-state index contributed by atoms with van der Waals surface area (Å²) in [5.74, 6) is 0. The van der Waals surface area contributed by atoms with E-state index in [4.69, 9.17) is 9.47 Å². The molecule has 0 aliphatic carbocycles. The van der Waals surface area contributed by atoms with Crippen molar-refractivity contribution in [2.75, 3.05) is 6.79 Å². The molecular weight excluding hydrogens is 236 g/mol. The van der Waals surface area contributed by atoms with E-state index < -0.39 is 0 Å². The van der Waals surface area contributed by atoms with Crippen LogP contribution in [0.1, 0.15) is 84.0 Å². The van der Waals surface area contributed by atoms with Crippen LogP contribution in [-0.2, 0) is 9.47 Å². The Balaban J connectivity index is 1.74. The minimum Gasteiger partial charge on any atom is -0.475 e. The van der Waals surface area contributed by atoms with Crippen molar-refractivity contribution in [3.8, 4) is 0 Å². The highest BCUT2D eigenvalue weighted by Crippen LogP contribution is 2.14. The Labute approximate surface area is 119 Å². The molecule has 1 heterocycles. The van der Waals surface area contributed by atoms with Crippen molar-refractivity contribution in [3.63, 3.8) is 0 Å². The summed E-state index contributed by atoms with van der Waals surface area (Å²) in [7, 11) is 0. The topological polar surface area (TPSA) is 18.5 Å². The molecule has 0 amide bonds. The van der Waals surface area contributed by atoms with E-state index in [1.165, 1.54) is 70.6 Å². The van der Waals surface area contributed by atoms with Crippen molar-refractivity contribution in [2.24, 2.45) is 0 Å². The molecule has 0 aromatic carbocycles. The van der Waals surface area contributed by atoms with Gasteiger partial charge >= 0.3 is 0 Å². The Morgan fingerprint density at radius 3 is 1.95 bits per heavy atom. The van der Waals surface area contributed by atoms with Crippen molar-refractivity contribution in [1.82, 2.24) is 0 Å². The molecule has 112 valence electrons. The van der Waals surface area contributed by atoms with E-state index in [-0.39, 0.29) is 0 Å². The van der Waals surface area contributed by atoms with Crippen molar-refractivity contribution in [2.45, 2.75) is 90.1 Å². The van der Waals surface area contributed by atoms with Crippen LogP contribution < -0.4 is 0 Å². The third-order valence-corrected chi connectivity index (χ3v) is 3.83. The zero-order chi connectivity index (χ0) is 13.6. The molecule has 2 heteroatoms. The SMILES string of the molecule is CCCCCCCCCCCCCC1C=COCO1. The molecule has 1 aliphatic heterocycles. The van der Waals surface area contributed by atoms with Gasteiger partial charge in [0, 0.05) is 0 Å². The standard InChI is InChI=1S/C17H32O2/c1-2-3-4-5-6-7-8-9-10-11-12-13-17-14-15-18-16-19-17/h14-15,17H,2-13,16H2,1H3. The monoisotopic (exact) mass is 268 g/mol. The summed E-state index contributed by atoms with van der Waals surface area (Å²) < 4.78 is 10.5. The molecule has 2 nitrogen and oxygen atoms in total. The first-order chi connectivity index (χ1) is 9.43. The molecule has 1 atom stereocenters. The van der Waals surface area contributed by atoms with Gasteiger partial charge in [-0.3, -0.25) is 0 Å². The zero-order valence-electron chi connectivity index (χ0n) is 12.7. The highest BCUT2D eigenvalue weighted by molar-refractivity contribution is 4.86. The maximum absolute atomic E-state index is 5.46. The molecule has 0 saturated heterocycles. The maximum Gasteiger partial charge on any atom is 0.188 e. The molecule has 1 rings (SSSR count). The van der Waals surface area contributed by atoms with E-state index in [0.717, 1.165) is 6.42 Å². The van der Waals surface area contributed by atoms with E-state index >= 15 is 0 Å². The van der Waals surface area contributed by atoms with Crippen molar-refractivity contribution < 1.29 is 9.47 Å². The van der Waals surface area contributed by atoms with Crippen LogP contribution in [0.4, 0.5) is 0 Å². The predicted octanol–water partition coefficient (Wildman–Crippen LogP) is 5.57. The van der Waals surface area contributed by atoms with Crippen LogP contribution in [0.3, 0.4) is 0 Å². The van der Waals surface area contributed by atoms with Crippen LogP contribution in [-0.4, -0.2) is 12.9 Å². The Morgan fingerprint density at radius 2 is 1.42 bits per heavy atom. The summed E-state index contributed by atoms with van der Waals surface area (Å²) in [4.78, 5) is 0. The summed E-state index contributed by atoms with van der Waals surface area (Å²) in [5.41, 5.74) is 0. The number of rotatable bonds is 12. The lowest BCUT2D eigenvalue weighted by molar-refractivity contribution is -0.0601. The fraction of sp³-hybridized carbons (Fsp3) is 0.882. The Kier molecular flexibility index (Phi) is 10.9. The van der Waals surface area contributed by atoms with Gasteiger partial charge in [0.05, 0.1) is 12.4 Å². The van der Waals surface area contributed by atoms with Crippen LogP contribution in [0.25, 0.3) is 0 Å². The summed E-state index contributed by atoms with van der Waals surface area (Å²) in [5, 5.41) is 0. The van der Waals surface area contributed by atoms with Gasteiger partial charge in [-0.15, -0.1) is 0 Å². The first kappa shape index (κ1) is 16.6. The Hall–Kier alpha value is -0.500. The normalized spacial score (nSPS) is 18.5. The highest BCUT2D eigenvalue weighted by Gasteiger charge is 2.07. The Morgan fingerprint density at radius 1 is 0.842 bits per heavy atom. The molecule has 0 fully saturated rings. The van der Waals surface area contributed by atoms with Crippen LogP contribution >= 0.6 is 0 Å². The number of hydrogen-bond acceptors (Lipinski definition) is 2. The molecule has 0 saturated carbocycles. The van der Waals surface area contributed by atoms with E-state index in [2.05, 4.69) is 6.92 Å². The van der Waals surface area contributed by atoms with E-state index in [1.807, 2.05) is 6.08 Å². The molecule has 1 unspecified atom stereocenters. The van der Waals surface area contributed by atoms with Crippen LogP contribution in [0.2, 0.25) is 0 Å². The third-order valence-electron chi connectivity index (χ3n) is 3.83. The van der Waals surface area contributed by atoms with Crippen molar-refractivity contribution in [3.05, 3.63) is 12.3 Å². The zero-order valence-corrected chi connectivity index (χ0v) is 12.7. The van der Waals surface area contributed by atoms with Gasteiger partial charge < -0.3 is 9.47 Å². The van der Waals surface area contributed by atoms with Gasteiger partial charge in [0.25, 0.3) is 0 Å². The summed E-state index contributed by atoms with van der Waals surface area (Å²) in [6.07, 6.45) is 20.7. The second-order valence-corrected chi connectivity index (χ2v) is 5.64. The lowest BCUT2D eigenvalue weighted by Crippen LogP contribution is -2.15. The van der Waals surface area contributed by atoms with Gasteiger partial charge in [0.15, 0.2) is 6.79 Å².